The molecule has 5 nitrogen and oxygen atoms in total. The smallest absolute Gasteiger partial charge is 0.288 e. The molecule has 0 bridgehead atoms. The minimum absolute atomic E-state index is 0.0314. The number of hydrogen-bond acceptors (Lipinski definition) is 4. The lowest BCUT2D eigenvalue weighted by Crippen LogP contribution is -2.30. The van der Waals surface area contributed by atoms with Gasteiger partial charge in [0.25, 0.3) is 5.69 Å². The summed E-state index contributed by atoms with van der Waals surface area (Å²) in [5, 5.41) is 14.2. The average molecular weight is 284 g/mol. The largest absolute Gasteiger partial charge is 0.311 e. The molecule has 0 saturated heterocycles. The topological polar surface area (TPSA) is 58.4 Å². The van der Waals surface area contributed by atoms with Crippen molar-refractivity contribution in [3.63, 3.8) is 0 Å². The molecule has 0 atom stereocenters. The van der Waals surface area contributed by atoms with Gasteiger partial charge in [-0.25, -0.2) is 0 Å². The van der Waals surface area contributed by atoms with E-state index in [1.54, 1.807) is 6.07 Å². The Labute approximate surface area is 117 Å². The zero-order valence-corrected chi connectivity index (χ0v) is 11.7. The van der Waals surface area contributed by atoms with Crippen molar-refractivity contribution in [3.05, 3.63) is 38.9 Å². The molecule has 6 heteroatoms. The van der Waals surface area contributed by atoms with Gasteiger partial charge in [0.15, 0.2) is 0 Å². The fourth-order valence-electron chi connectivity index (χ4n) is 1.99. The fourth-order valence-corrected chi connectivity index (χ4v) is 2.18. The Bertz CT molecular complexity index is 463. The zero-order valence-electron chi connectivity index (χ0n) is 10.9. The van der Waals surface area contributed by atoms with E-state index in [1.165, 1.54) is 18.9 Å². The maximum Gasteiger partial charge on any atom is 0.288 e. The first-order chi connectivity index (χ1) is 9.08. The lowest BCUT2D eigenvalue weighted by Gasteiger charge is -2.15. The van der Waals surface area contributed by atoms with Gasteiger partial charge in [-0.15, -0.1) is 0 Å². The first-order valence-electron chi connectivity index (χ1n) is 6.41. The van der Waals surface area contributed by atoms with Crippen molar-refractivity contribution >= 4 is 17.3 Å². The van der Waals surface area contributed by atoms with Gasteiger partial charge in [0.1, 0.15) is 5.02 Å². The number of rotatable bonds is 7. The lowest BCUT2D eigenvalue weighted by atomic mass is 10.2. The predicted molar refractivity (Wildman–Crippen MR) is 75.5 cm³/mol. The van der Waals surface area contributed by atoms with E-state index in [9.17, 15) is 10.1 Å². The van der Waals surface area contributed by atoms with Gasteiger partial charge >= 0.3 is 0 Å². The second kappa shape index (κ2) is 6.32. The first-order valence-corrected chi connectivity index (χ1v) is 6.79. The minimum atomic E-state index is -0.452. The Balaban J connectivity index is 1.79. The summed E-state index contributed by atoms with van der Waals surface area (Å²) < 4.78 is 0. The molecule has 1 N–H and O–H groups in total. The second-order valence-corrected chi connectivity index (χ2v) is 5.34. The van der Waals surface area contributed by atoms with Crippen LogP contribution in [0.2, 0.25) is 5.02 Å². The molecule has 104 valence electrons. The van der Waals surface area contributed by atoms with Crippen molar-refractivity contribution in [3.8, 4) is 0 Å². The summed E-state index contributed by atoms with van der Waals surface area (Å²) in [4.78, 5) is 12.7. The van der Waals surface area contributed by atoms with Gasteiger partial charge in [0.2, 0.25) is 0 Å². The number of hydrogen-bond donors (Lipinski definition) is 1. The van der Waals surface area contributed by atoms with Crippen LogP contribution in [0.25, 0.3) is 0 Å². The number of nitro benzene ring substituents is 1. The summed E-state index contributed by atoms with van der Waals surface area (Å²) in [5.74, 6) is 0. The van der Waals surface area contributed by atoms with E-state index >= 15 is 0 Å². The summed E-state index contributed by atoms with van der Waals surface area (Å²) in [6.45, 7) is 2.50. The Morgan fingerprint density at radius 3 is 2.89 bits per heavy atom. The maximum atomic E-state index is 10.8. The van der Waals surface area contributed by atoms with Crippen LogP contribution in [0.5, 0.6) is 0 Å². The van der Waals surface area contributed by atoms with Crippen molar-refractivity contribution in [2.75, 3.05) is 20.1 Å². The highest BCUT2D eigenvalue weighted by Gasteiger charge is 2.25. The molecule has 1 aliphatic carbocycles. The molecule has 1 fully saturated rings. The van der Waals surface area contributed by atoms with Crippen molar-refractivity contribution in [1.29, 1.82) is 0 Å². The van der Waals surface area contributed by atoms with Gasteiger partial charge in [-0.05, 0) is 31.5 Å². The minimum Gasteiger partial charge on any atom is -0.311 e. The predicted octanol–water partition coefficient (Wildman–Crippen LogP) is 2.43. The normalized spacial score (nSPS) is 14.9. The molecular weight excluding hydrogens is 266 g/mol. The van der Waals surface area contributed by atoms with Gasteiger partial charge in [-0.2, -0.15) is 0 Å². The van der Waals surface area contributed by atoms with E-state index in [4.69, 9.17) is 11.6 Å². The number of halogens is 1. The Morgan fingerprint density at radius 1 is 1.53 bits per heavy atom. The highest BCUT2D eigenvalue weighted by atomic mass is 35.5. The average Bonchev–Trinajstić information content (AvgIpc) is 3.20. The molecule has 0 unspecified atom stereocenters. The van der Waals surface area contributed by atoms with Crippen molar-refractivity contribution in [1.82, 2.24) is 10.2 Å². The van der Waals surface area contributed by atoms with E-state index in [0.717, 1.165) is 24.7 Å². The first kappa shape index (κ1) is 14.2. The molecule has 0 aliphatic heterocycles. The monoisotopic (exact) mass is 283 g/mol. The Kier molecular flexibility index (Phi) is 4.74. The zero-order chi connectivity index (χ0) is 13.8. The molecule has 0 amide bonds. The van der Waals surface area contributed by atoms with Crippen LogP contribution in [-0.2, 0) is 6.54 Å². The lowest BCUT2D eigenvalue weighted by molar-refractivity contribution is -0.384. The van der Waals surface area contributed by atoms with E-state index in [2.05, 4.69) is 17.3 Å². The van der Waals surface area contributed by atoms with Crippen LogP contribution < -0.4 is 5.32 Å². The van der Waals surface area contributed by atoms with E-state index in [-0.39, 0.29) is 10.7 Å². The van der Waals surface area contributed by atoms with Gasteiger partial charge in [-0.1, -0.05) is 17.7 Å². The molecule has 2 rings (SSSR count). The molecule has 0 spiro atoms. The Hall–Kier alpha value is -1.17. The van der Waals surface area contributed by atoms with E-state index < -0.39 is 4.92 Å². The van der Waals surface area contributed by atoms with Crippen LogP contribution in [0.4, 0.5) is 5.69 Å². The summed E-state index contributed by atoms with van der Waals surface area (Å²) in [6.07, 6.45) is 2.61. The van der Waals surface area contributed by atoms with Crippen LogP contribution in [0.1, 0.15) is 18.4 Å². The SMILES string of the molecule is CN(CCNCc1ccc(Cl)c([N+](=O)[O-])c1)C1CC1. The van der Waals surface area contributed by atoms with Gasteiger partial charge in [-0.3, -0.25) is 10.1 Å². The third kappa shape index (κ3) is 4.16. The quantitative estimate of drug-likeness (QED) is 0.474. The summed E-state index contributed by atoms with van der Waals surface area (Å²) in [6, 6.07) is 5.68. The van der Waals surface area contributed by atoms with Crippen molar-refractivity contribution in [2.24, 2.45) is 0 Å². The molecule has 0 aromatic heterocycles. The molecule has 1 saturated carbocycles. The highest BCUT2D eigenvalue weighted by molar-refractivity contribution is 6.32. The number of nitrogens with zero attached hydrogens (tertiary/aromatic N) is 2. The molecular formula is C13H18ClN3O2. The Morgan fingerprint density at radius 2 is 2.26 bits per heavy atom. The summed E-state index contributed by atoms with van der Waals surface area (Å²) in [5.41, 5.74) is 0.848. The van der Waals surface area contributed by atoms with Crippen LogP contribution >= 0.6 is 11.6 Å². The van der Waals surface area contributed by atoms with Gasteiger partial charge in [0, 0.05) is 31.7 Å². The number of nitro groups is 1. The summed E-state index contributed by atoms with van der Waals surface area (Å²) >= 11 is 5.77. The molecule has 1 aromatic carbocycles. The van der Waals surface area contributed by atoms with Crippen molar-refractivity contribution in [2.45, 2.75) is 25.4 Å². The highest BCUT2D eigenvalue weighted by Crippen LogP contribution is 2.25. The molecule has 19 heavy (non-hydrogen) atoms. The fraction of sp³-hybridized carbons (Fsp3) is 0.538. The number of nitrogens with one attached hydrogen (secondary N) is 1. The van der Waals surface area contributed by atoms with Crippen LogP contribution in [0, 0.1) is 10.1 Å². The van der Waals surface area contributed by atoms with E-state index in [1.807, 2.05) is 6.07 Å². The third-order valence-electron chi connectivity index (χ3n) is 3.35. The molecule has 1 aliphatic rings. The van der Waals surface area contributed by atoms with Crippen LogP contribution in [0.15, 0.2) is 18.2 Å². The van der Waals surface area contributed by atoms with Gasteiger partial charge in [0.05, 0.1) is 4.92 Å². The second-order valence-electron chi connectivity index (χ2n) is 4.93. The van der Waals surface area contributed by atoms with E-state index in [0.29, 0.717) is 6.54 Å². The molecule has 0 heterocycles. The van der Waals surface area contributed by atoms with Crippen LogP contribution in [0.3, 0.4) is 0 Å². The van der Waals surface area contributed by atoms with Crippen molar-refractivity contribution < 1.29 is 4.92 Å². The molecule has 0 radical (unpaired) electrons. The third-order valence-corrected chi connectivity index (χ3v) is 3.67. The standard InChI is InChI=1S/C13H18ClN3O2/c1-16(11-3-4-11)7-6-15-9-10-2-5-12(14)13(8-10)17(18)19/h2,5,8,11,15H,3-4,6-7,9H2,1H3. The maximum absolute atomic E-state index is 10.8. The van der Waals surface area contributed by atoms with Gasteiger partial charge < -0.3 is 10.2 Å². The molecule has 1 aromatic rings. The number of likely N-dealkylation sites (N-methyl/N-ethyl adjacent to an activating group) is 1. The van der Waals surface area contributed by atoms with Crippen LogP contribution in [-0.4, -0.2) is 36.0 Å². The number of benzene rings is 1. The summed E-state index contributed by atoms with van der Waals surface area (Å²) in [7, 11) is 2.13.